The molecule has 3 N–H and O–H groups in total. The fraction of sp³-hybridized carbons (Fsp3) is 0.0417. The zero-order valence-corrected chi connectivity index (χ0v) is 17.7. The van der Waals surface area contributed by atoms with Gasteiger partial charge in [-0.15, -0.1) is 0 Å². The van der Waals surface area contributed by atoms with Crippen LogP contribution in [0.3, 0.4) is 0 Å². The third-order valence-electron chi connectivity index (χ3n) is 4.84. The van der Waals surface area contributed by atoms with E-state index in [1.165, 1.54) is 12.1 Å². The van der Waals surface area contributed by atoms with E-state index in [2.05, 4.69) is 10.6 Å². The minimum Gasteiger partial charge on any atom is -0.508 e. The van der Waals surface area contributed by atoms with Crippen molar-refractivity contribution in [1.82, 2.24) is 0 Å². The number of imide groups is 1. The van der Waals surface area contributed by atoms with E-state index >= 15 is 0 Å². The highest BCUT2D eigenvalue weighted by Crippen LogP contribution is 2.30. The van der Waals surface area contributed by atoms with Crippen LogP contribution in [0.1, 0.15) is 15.9 Å². The molecule has 8 heteroatoms. The minimum atomic E-state index is -0.606. The number of carbonyl (C=O) groups is 3. The molecule has 0 saturated heterocycles. The van der Waals surface area contributed by atoms with Gasteiger partial charge in [-0.05, 0) is 55.5 Å². The summed E-state index contributed by atoms with van der Waals surface area (Å²) in [6.07, 6.45) is 0. The third kappa shape index (κ3) is 4.19. The van der Waals surface area contributed by atoms with Crippen molar-refractivity contribution in [3.63, 3.8) is 0 Å². The number of hydrogen-bond donors (Lipinski definition) is 3. The molecule has 0 unspecified atom stereocenters. The highest BCUT2D eigenvalue weighted by molar-refractivity contribution is 6.53. The monoisotopic (exact) mass is 447 g/mol. The molecule has 0 fully saturated rings. The van der Waals surface area contributed by atoms with Gasteiger partial charge in [0.2, 0.25) is 0 Å². The van der Waals surface area contributed by atoms with Crippen molar-refractivity contribution in [2.75, 3.05) is 15.5 Å². The van der Waals surface area contributed by atoms with E-state index in [9.17, 15) is 19.5 Å². The summed E-state index contributed by atoms with van der Waals surface area (Å²) in [5.74, 6) is -1.49. The van der Waals surface area contributed by atoms with Crippen LogP contribution in [-0.4, -0.2) is 22.8 Å². The topological polar surface area (TPSA) is 98.7 Å². The van der Waals surface area contributed by atoms with Crippen LogP contribution in [0.15, 0.2) is 83.5 Å². The van der Waals surface area contributed by atoms with Gasteiger partial charge in [0.1, 0.15) is 16.5 Å². The Morgan fingerprint density at radius 3 is 2.25 bits per heavy atom. The Labute approximate surface area is 188 Å². The first-order chi connectivity index (χ1) is 15.3. The highest BCUT2D eigenvalue weighted by Gasteiger charge is 2.38. The molecule has 0 spiro atoms. The van der Waals surface area contributed by atoms with Crippen molar-refractivity contribution >= 4 is 46.4 Å². The minimum absolute atomic E-state index is 0.0331. The van der Waals surface area contributed by atoms with Crippen molar-refractivity contribution in [3.05, 3.63) is 94.7 Å². The number of anilines is 3. The van der Waals surface area contributed by atoms with Crippen LogP contribution in [0.2, 0.25) is 0 Å². The number of aryl methyl sites for hydroxylation is 1. The number of benzene rings is 3. The van der Waals surface area contributed by atoms with E-state index in [0.29, 0.717) is 22.6 Å². The number of amides is 3. The van der Waals surface area contributed by atoms with E-state index in [1.54, 1.807) is 60.7 Å². The average Bonchev–Trinajstić information content (AvgIpc) is 2.98. The number of nitrogens with zero attached hydrogens (tertiary/aromatic N) is 1. The lowest BCUT2D eigenvalue weighted by atomic mass is 10.2. The van der Waals surface area contributed by atoms with Crippen LogP contribution in [0.5, 0.6) is 5.75 Å². The SMILES string of the molecule is Cc1ccc(N2C(=O)C(Cl)=C(Nc3ccc(C(=O)Nc4cccc(O)c4)cc3)C2=O)cc1. The third-order valence-corrected chi connectivity index (χ3v) is 5.19. The number of phenolic OH excluding ortho intramolecular Hbond substituents is 1. The van der Waals surface area contributed by atoms with E-state index in [4.69, 9.17) is 11.6 Å². The van der Waals surface area contributed by atoms with Crippen LogP contribution < -0.4 is 15.5 Å². The number of hydrogen-bond acceptors (Lipinski definition) is 5. The standard InChI is InChI=1S/C24H18ClN3O4/c1-14-5-11-18(12-6-14)28-23(31)20(25)21(24(28)32)26-16-9-7-15(8-10-16)22(30)27-17-3-2-4-19(29)13-17/h2-13,26,29H,1H3,(H,27,30). The number of carbonyl (C=O) groups excluding carboxylic acids is 3. The summed E-state index contributed by atoms with van der Waals surface area (Å²) in [4.78, 5) is 38.8. The van der Waals surface area contributed by atoms with Gasteiger partial charge >= 0.3 is 0 Å². The van der Waals surface area contributed by atoms with Gasteiger partial charge in [0, 0.05) is 23.0 Å². The highest BCUT2D eigenvalue weighted by atomic mass is 35.5. The maximum atomic E-state index is 12.8. The molecule has 0 aliphatic carbocycles. The predicted octanol–water partition coefficient (Wildman–Crippen LogP) is 4.39. The molecule has 160 valence electrons. The van der Waals surface area contributed by atoms with E-state index in [1.807, 2.05) is 6.92 Å². The number of nitrogens with one attached hydrogen (secondary N) is 2. The number of phenols is 1. The zero-order chi connectivity index (χ0) is 22.8. The molecule has 4 rings (SSSR count). The molecule has 3 aromatic carbocycles. The van der Waals surface area contributed by atoms with Crippen LogP contribution in [0, 0.1) is 6.92 Å². The average molecular weight is 448 g/mol. The molecule has 0 atom stereocenters. The zero-order valence-electron chi connectivity index (χ0n) is 16.9. The lowest BCUT2D eigenvalue weighted by molar-refractivity contribution is -0.120. The van der Waals surface area contributed by atoms with Gasteiger partial charge in [0.25, 0.3) is 17.7 Å². The van der Waals surface area contributed by atoms with Gasteiger partial charge in [-0.3, -0.25) is 14.4 Å². The molecule has 0 saturated carbocycles. The Hall–Kier alpha value is -4.10. The molecular weight excluding hydrogens is 430 g/mol. The lowest BCUT2D eigenvalue weighted by Crippen LogP contribution is -2.32. The molecule has 7 nitrogen and oxygen atoms in total. The molecule has 3 aromatic rings. The van der Waals surface area contributed by atoms with Gasteiger partial charge in [0.15, 0.2) is 0 Å². The fourth-order valence-electron chi connectivity index (χ4n) is 3.18. The summed E-state index contributed by atoms with van der Waals surface area (Å²) >= 11 is 6.15. The van der Waals surface area contributed by atoms with Gasteiger partial charge < -0.3 is 15.7 Å². The molecular formula is C24H18ClN3O4. The van der Waals surface area contributed by atoms with E-state index in [-0.39, 0.29) is 22.4 Å². The molecule has 1 heterocycles. The molecule has 1 aliphatic heterocycles. The number of rotatable bonds is 5. The Morgan fingerprint density at radius 2 is 1.59 bits per heavy atom. The Kier molecular flexibility index (Phi) is 5.66. The van der Waals surface area contributed by atoms with Crippen LogP contribution in [0.4, 0.5) is 17.1 Å². The van der Waals surface area contributed by atoms with Gasteiger partial charge in [-0.25, -0.2) is 4.90 Å². The first-order valence-corrected chi connectivity index (χ1v) is 10.0. The second-order valence-electron chi connectivity index (χ2n) is 7.18. The van der Waals surface area contributed by atoms with Crippen LogP contribution >= 0.6 is 11.6 Å². The quantitative estimate of drug-likeness (QED) is 0.504. The van der Waals surface area contributed by atoms with Crippen molar-refractivity contribution in [2.45, 2.75) is 6.92 Å². The largest absolute Gasteiger partial charge is 0.508 e. The van der Waals surface area contributed by atoms with Gasteiger partial charge in [-0.1, -0.05) is 35.4 Å². The van der Waals surface area contributed by atoms with Crippen molar-refractivity contribution in [1.29, 1.82) is 0 Å². The second-order valence-corrected chi connectivity index (χ2v) is 7.56. The molecule has 0 bridgehead atoms. The normalized spacial score (nSPS) is 13.5. The molecule has 3 amide bonds. The van der Waals surface area contributed by atoms with E-state index in [0.717, 1.165) is 10.5 Å². The van der Waals surface area contributed by atoms with Gasteiger partial charge in [0.05, 0.1) is 5.69 Å². The molecule has 32 heavy (non-hydrogen) atoms. The second kappa shape index (κ2) is 8.56. The predicted molar refractivity (Wildman–Crippen MR) is 123 cm³/mol. The Morgan fingerprint density at radius 1 is 0.906 bits per heavy atom. The Balaban J connectivity index is 1.48. The number of aromatic hydroxyl groups is 1. The maximum absolute atomic E-state index is 12.8. The summed E-state index contributed by atoms with van der Waals surface area (Å²) in [6.45, 7) is 1.91. The van der Waals surface area contributed by atoms with E-state index < -0.39 is 11.8 Å². The fourth-order valence-corrected chi connectivity index (χ4v) is 3.39. The summed E-state index contributed by atoms with van der Waals surface area (Å²) in [5, 5.41) is 14.9. The van der Waals surface area contributed by atoms with Gasteiger partial charge in [-0.2, -0.15) is 0 Å². The van der Waals surface area contributed by atoms with Crippen molar-refractivity contribution in [2.24, 2.45) is 0 Å². The summed E-state index contributed by atoms with van der Waals surface area (Å²) < 4.78 is 0. The Bertz CT molecular complexity index is 1250. The van der Waals surface area contributed by atoms with Crippen LogP contribution in [0.25, 0.3) is 0 Å². The van der Waals surface area contributed by atoms with Crippen molar-refractivity contribution in [3.8, 4) is 5.75 Å². The summed E-state index contributed by atoms with van der Waals surface area (Å²) in [5.41, 5.74) is 2.71. The molecule has 0 radical (unpaired) electrons. The number of halogens is 1. The van der Waals surface area contributed by atoms with Crippen LogP contribution in [-0.2, 0) is 9.59 Å². The first-order valence-electron chi connectivity index (χ1n) is 9.66. The summed E-state index contributed by atoms with van der Waals surface area (Å²) in [7, 11) is 0. The first kappa shape index (κ1) is 21.1. The summed E-state index contributed by atoms with van der Waals surface area (Å²) in [6, 6.07) is 19.5. The lowest BCUT2D eigenvalue weighted by Gasteiger charge is -2.15. The maximum Gasteiger partial charge on any atom is 0.283 e. The molecule has 0 aromatic heterocycles. The smallest absolute Gasteiger partial charge is 0.283 e. The van der Waals surface area contributed by atoms with Crippen molar-refractivity contribution < 1.29 is 19.5 Å². The molecule has 1 aliphatic rings.